The van der Waals surface area contributed by atoms with Crippen molar-refractivity contribution in [1.29, 1.82) is 0 Å². The highest BCUT2D eigenvalue weighted by Crippen LogP contribution is 2.24. The Morgan fingerprint density at radius 3 is 2.21 bits per heavy atom. The Bertz CT molecular complexity index is 474. The molecule has 0 aliphatic carbocycles. The monoisotopic (exact) mass is 264 g/mol. The number of rotatable bonds is 4. The molecule has 19 heavy (non-hydrogen) atoms. The Kier molecular flexibility index (Phi) is 4.92. The van der Waals surface area contributed by atoms with E-state index >= 15 is 0 Å². The zero-order valence-electron chi connectivity index (χ0n) is 11.8. The highest BCUT2D eigenvalue weighted by atomic mass is 16.5. The summed E-state index contributed by atoms with van der Waals surface area (Å²) in [5, 5.41) is 0. The number of benzene rings is 1. The van der Waals surface area contributed by atoms with Crippen LogP contribution in [-0.4, -0.2) is 37.4 Å². The third kappa shape index (κ3) is 3.71. The summed E-state index contributed by atoms with van der Waals surface area (Å²) in [7, 11) is 3.21. The third-order valence-corrected chi connectivity index (χ3v) is 3.02. The molecule has 5 nitrogen and oxygen atoms in total. The molecule has 0 spiro atoms. The molecule has 0 aliphatic rings. The standard InChI is InChI=1S/C14H20N2O3/c1-9-7-11(8-10(2)12(9)19-4)5-6-16(3)14(18)13(15)17/h7-8H,5-6H2,1-4H3,(H2,15,17). The summed E-state index contributed by atoms with van der Waals surface area (Å²) < 4.78 is 5.30. The van der Waals surface area contributed by atoms with E-state index in [0.29, 0.717) is 13.0 Å². The molecule has 1 rings (SSSR count). The van der Waals surface area contributed by atoms with Crippen LogP contribution in [0.15, 0.2) is 12.1 Å². The van der Waals surface area contributed by atoms with E-state index in [1.807, 2.05) is 26.0 Å². The Morgan fingerprint density at radius 1 is 1.26 bits per heavy atom. The van der Waals surface area contributed by atoms with Crippen LogP contribution in [-0.2, 0) is 16.0 Å². The molecule has 0 heterocycles. The van der Waals surface area contributed by atoms with Gasteiger partial charge in [-0.25, -0.2) is 0 Å². The summed E-state index contributed by atoms with van der Waals surface area (Å²) in [6.07, 6.45) is 0.668. The van der Waals surface area contributed by atoms with Gasteiger partial charge >= 0.3 is 11.8 Å². The summed E-state index contributed by atoms with van der Waals surface area (Å²) in [6, 6.07) is 4.04. The van der Waals surface area contributed by atoms with E-state index in [2.05, 4.69) is 0 Å². The van der Waals surface area contributed by atoms with Crippen LogP contribution in [0.5, 0.6) is 5.75 Å². The van der Waals surface area contributed by atoms with Gasteiger partial charge in [0.2, 0.25) is 0 Å². The number of amides is 2. The first-order valence-corrected chi connectivity index (χ1v) is 6.05. The lowest BCUT2D eigenvalue weighted by molar-refractivity contribution is -0.143. The highest BCUT2D eigenvalue weighted by molar-refractivity contribution is 6.34. The minimum Gasteiger partial charge on any atom is -0.496 e. The molecule has 5 heteroatoms. The number of methoxy groups -OCH3 is 1. The second-order valence-corrected chi connectivity index (χ2v) is 4.60. The van der Waals surface area contributed by atoms with Crippen molar-refractivity contribution < 1.29 is 14.3 Å². The first-order chi connectivity index (χ1) is 8.86. The smallest absolute Gasteiger partial charge is 0.311 e. The quantitative estimate of drug-likeness (QED) is 0.817. The van der Waals surface area contributed by atoms with Crippen LogP contribution in [0.4, 0.5) is 0 Å². The number of carbonyl (C=O) groups excluding carboxylic acids is 2. The zero-order valence-corrected chi connectivity index (χ0v) is 11.8. The molecule has 2 amide bonds. The minimum atomic E-state index is -0.926. The van der Waals surface area contributed by atoms with Gasteiger partial charge in [0.05, 0.1) is 7.11 Å². The van der Waals surface area contributed by atoms with Crippen molar-refractivity contribution in [2.24, 2.45) is 5.73 Å². The number of ether oxygens (including phenoxy) is 1. The number of likely N-dealkylation sites (N-methyl/N-ethyl adjacent to an activating group) is 1. The lowest BCUT2D eigenvalue weighted by Crippen LogP contribution is -2.38. The Balaban J connectivity index is 2.74. The maximum Gasteiger partial charge on any atom is 0.311 e. The van der Waals surface area contributed by atoms with Crippen molar-refractivity contribution in [2.75, 3.05) is 20.7 Å². The van der Waals surface area contributed by atoms with Gasteiger partial charge in [0, 0.05) is 13.6 Å². The number of nitrogens with two attached hydrogens (primary N) is 1. The first-order valence-electron chi connectivity index (χ1n) is 6.05. The van der Waals surface area contributed by atoms with Crippen LogP contribution >= 0.6 is 0 Å². The predicted molar refractivity (Wildman–Crippen MR) is 73.0 cm³/mol. The normalized spacial score (nSPS) is 10.1. The molecule has 0 atom stereocenters. The van der Waals surface area contributed by atoms with Crippen molar-refractivity contribution in [3.63, 3.8) is 0 Å². The van der Waals surface area contributed by atoms with Gasteiger partial charge in [-0.2, -0.15) is 0 Å². The molecule has 0 radical (unpaired) electrons. The van der Waals surface area contributed by atoms with E-state index in [-0.39, 0.29) is 0 Å². The van der Waals surface area contributed by atoms with Crippen LogP contribution in [0.25, 0.3) is 0 Å². The molecule has 0 aliphatic heterocycles. The topological polar surface area (TPSA) is 72.6 Å². The molecule has 2 N–H and O–H groups in total. The van der Waals surface area contributed by atoms with E-state index in [1.165, 1.54) is 4.90 Å². The molecule has 0 aromatic heterocycles. The number of hydrogen-bond acceptors (Lipinski definition) is 3. The van der Waals surface area contributed by atoms with E-state index in [0.717, 1.165) is 22.4 Å². The van der Waals surface area contributed by atoms with Crippen LogP contribution in [0.3, 0.4) is 0 Å². The van der Waals surface area contributed by atoms with Gasteiger partial charge in [-0.05, 0) is 37.0 Å². The summed E-state index contributed by atoms with van der Waals surface area (Å²) in [5.74, 6) is -0.711. The SMILES string of the molecule is COc1c(C)cc(CCN(C)C(=O)C(N)=O)cc1C. The molecule has 0 saturated carbocycles. The maximum atomic E-state index is 11.3. The summed E-state index contributed by atoms with van der Waals surface area (Å²) >= 11 is 0. The Labute approximate surface area is 113 Å². The zero-order chi connectivity index (χ0) is 14.6. The molecule has 0 unspecified atom stereocenters. The largest absolute Gasteiger partial charge is 0.496 e. The number of nitrogens with zero attached hydrogens (tertiary/aromatic N) is 1. The van der Waals surface area contributed by atoms with E-state index in [1.54, 1.807) is 14.2 Å². The second kappa shape index (κ2) is 6.22. The lowest BCUT2D eigenvalue weighted by Gasteiger charge is -2.16. The fourth-order valence-electron chi connectivity index (χ4n) is 2.09. The van der Waals surface area contributed by atoms with Crippen molar-refractivity contribution in [3.8, 4) is 5.75 Å². The molecule has 1 aromatic carbocycles. The molecule has 1 aromatic rings. The van der Waals surface area contributed by atoms with E-state index in [4.69, 9.17) is 10.5 Å². The molecule has 0 fully saturated rings. The average Bonchev–Trinajstić information content (AvgIpc) is 2.34. The summed E-state index contributed by atoms with van der Waals surface area (Å²) in [5.41, 5.74) is 8.16. The van der Waals surface area contributed by atoms with Crippen LogP contribution in [0.1, 0.15) is 16.7 Å². The second-order valence-electron chi connectivity index (χ2n) is 4.60. The van der Waals surface area contributed by atoms with Gasteiger partial charge in [-0.15, -0.1) is 0 Å². The summed E-state index contributed by atoms with van der Waals surface area (Å²) in [6.45, 7) is 4.41. The maximum absolute atomic E-state index is 11.3. The lowest BCUT2D eigenvalue weighted by atomic mass is 10.0. The molecule has 0 saturated heterocycles. The molecular weight excluding hydrogens is 244 g/mol. The Morgan fingerprint density at radius 2 is 1.79 bits per heavy atom. The van der Waals surface area contributed by atoms with Gasteiger partial charge in [0.15, 0.2) is 0 Å². The minimum absolute atomic E-state index is 0.451. The molecular formula is C14H20N2O3. The van der Waals surface area contributed by atoms with E-state index in [9.17, 15) is 9.59 Å². The molecule has 0 bridgehead atoms. The highest BCUT2D eigenvalue weighted by Gasteiger charge is 2.14. The number of primary amides is 1. The van der Waals surface area contributed by atoms with Gasteiger partial charge in [-0.3, -0.25) is 9.59 Å². The first kappa shape index (κ1) is 15.0. The van der Waals surface area contributed by atoms with Crippen molar-refractivity contribution in [2.45, 2.75) is 20.3 Å². The number of aryl methyl sites for hydroxylation is 2. The van der Waals surface area contributed by atoms with Crippen molar-refractivity contribution in [1.82, 2.24) is 4.90 Å². The number of carbonyl (C=O) groups is 2. The number of hydrogen-bond donors (Lipinski definition) is 1. The van der Waals surface area contributed by atoms with Crippen molar-refractivity contribution >= 4 is 11.8 Å². The van der Waals surface area contributed by atoms with Crippen LogP contribution in [0.2, 0.25) is 0 Å². The van der Waals surface area contributed by atoms with Gasteiger partial charge in [0.1, 0.15) is 5.75 Å². The van der Waals surface area contributed by atoms with Crippen LogP contribution in [0, 0.1) is 13.8 Å². The average molecular weight is 264 g/mol. The van der Waals surface area contributed by atoms with E-state index < -0.39 is 11.8 Å². The van der Waals surface area contributed by atoms with Crippen LogP contribution < -0.4 is 10.5 Å². The van der Waals surface area contributed by atoms with Gasteiger partial charge in [0.25, 0.3) is 0 Å². The van der Waals surface area contributed by atoms with Gasteiger partial charge < -0.3 is 15.4 Å². The molecule has 104 valence electrons. The summed E-state index contributed by atoms with van der Waals surface area (Å²) in [4.78, 5) is 23.4. The third-order valence-electron chi connectivity index (χ3n) is 3.02. The Hall–Kier alpha value is -2.04. The van der Waals surface area contributed by atoms with Gasteiger partial charge in [-0.1, -0.05) is 12.1 Å². The fraction of sp³-hybridized carbons (Fsp3) is 0.429. The predicted octanol–water partition coefficient (Wildman–Crippen LogP) is 0.798. The fourth-order valence-corrected chi connectivity index (χ4v) is 2.09. The van der Waals surface area contributed by atoms with Crippen molar-refractivity contribution in [3.05, 3.63) is 28.8 Å².